The molecule has 0 radical (unpaired) electrons. The van der Waals surface area contributed by atoms with E-state index in [0.717, 1.165) is 0 Å². The molecule has 1 N–H and O–H groups in total. The zero-order valence-electron chi connectivity index (χ0n) is 19.3. The van der Waals surface area contributed by atoms with E-state index in [-0.39, 0.29) is 59.5 Å². The second kappa shape index (κ2) is 10.1. The number of hydrogen-bond donors (Lipinski definition) is 1. The van der Waals surface area contributed by atoms with Crippen molar-refractivity contribution < 1.29 is 37.1 Å². The summed E-state index contributed by atoms with van der Waals surface area (Å²) in [6.07, 6.45) is 0.817. The van der Waals surface area contributed by atoms with Gasteiger partial charge < -0.3 is 14.9 Å². The summed E-state index contributed by atoms with van der Waals surface area (Å²) in [6.45, 7) is 2.05. The van der Waals surface area contributed by atoms with Crippen LogP contribution in [0.5, 0.6) is 0 Å². The molecule has 1 aliphatic heterocycles. The molecule has 1 aliphatic carbocycles. The third-order valence-electron chi connectivity index (χ3n) is 6.70. The first kappa shape index (κ1) is 26.0. The van der Waals surface area contributed by atoms with Gasteiger partial charge in [0.2, 0.25) is 5.91 Å². The van der Waals surface area contributed by atoms with Crippen molar-refractivity contribution >= 4 is 35.2 Å². The van der Waals surface area contributed by atoms with Gasteiger partial charge in [-0.15, -0.1) is 0 Å². The molecule has 0 saturated heterocycles. The maximum Gasteiger partial charge on any atom is 0.446 e. The molecule has 36 heavy (non-hydrogen) atoms. The first-order valence-electron chi connectivity index (χ1n) is 11.5. The zero-order valence-corrected chi connectivity index (χ0v) is 20.1. The molecule has 0 spiro atoms. The number of thioether (sulfide) groups is 1. The third-order valence-corrected chi connectivity index (χ3v) is 7.44. The van der Waals surface area contributed by atoms with Crippen LogP contribution in [0.15, 0.2) is 47.4 Å². The molecular formula is C25H24F4N2O4S. The Morgan fingerprint density at radius 3 is 2.33 bits per heavy atom. The Kier molecular flexibility index (Phi) is 7.31. The average molecular weight is 525 g/mol. The molecule has 2 aliphatic rings. The van der Waals surface area contributed by atoms with E-state index in [2.05, 4.69) is 0 Å². The fourth-order valence-electron chi connectivity index (χ4n) is 5.07. The molecule has 0 unspecified atom stereocenters. The summed E-state index contributed by atoms with van der Waals surface area (Å²) in [4.78, 5) is 40.5. The van der Waals surface area contributed by atoms with Crippen LogP contribution in [-0.2, 0) is 9.59 Å². The third kappa shape index (κ3) is 5.21. The topological polar surface area (TPSA) is 77.9 Å². The van der Waals surface area contributed by atoms with Crippen molar-refractivity contribution in [2.24, 2.45) is 5.92 Å². The molecule has 0 aromatic heterocycles. The molecule has 2 amide bonds. The molecule has 1 saturated carbocycles. The number of carbonyl (C=O) groups is 3. The molecule has 2 aromatic rings. The number of carboxylic acids is 1. The number of anilines is 1. The van der Waals surface area contributed by atoms with Gasteiger partial charge in [-0.2, -0.15) is 13.2 Å². The largest absolute Gasteiger partial charge is 0.481 e. The van der Waals surface area contributed by atoms with E-state index in [1.807, 2.05) is 0 Å². The lowest BCUT2D eigenvalue weighted by atomic mass is 9.67. The molecule has 4 rings (SSSR count). The second-order valence-electron chi connectivity index (χ2n) is 8.78. The molecule has 1 fully saturated rings. The molecule has 0 bridgehead atoms. The van der Waals surface area contributed by atoms with Gasteiger partial charge in [-0.3, -0.25) is 14.4 Å². The molecule has 11 heteroatoms. The van der Waals surface area contributed by atoms with Crippen molar-refractivity contribution in [3.63, 3.8) is 0 Å². The number of benzene rings is 2. The molecule has 192 valence electrons. The number of carbonyl (C=O) groups excluding carboxylic acids is 2. The second-order valence-corrected chi connectivity index (χ2v) is 9.92. The fraction of sp³-hybridized carbons (Fsp3) is 0.400. The van der Waals surface area contributed by atoms with Crippen LogP contribution in [0.4, 0.5) is 23.2 Å². The first-order valence-corrected chi connectivity index (χ1v) is 12.3. The minimum absolute atomic E-state index is 0.0415. The summed E-state index contributed by atoms with van der Waals surface area (Å²) in [6, 6.07) is 8.35. The highest BCUT2D eigenvalue weighted by atomic mass is 32.2. The molecule has 3 atom stereocenters. The smallest absolute Gasteiger partial charge is 0.446 e. The van der Waals surface area contributed by atoms with Crippen LogP contribution in [0.1, 0.15) is 54.6 Å². The first-order chi connectivity index (χ1) is 17.0. The number of aliphatic carboxylic acids is 1. The summed E-state index contributed by atoms with van der Waals surface area (Å²) in [7, 11) is 0. The highest BCUT2D eigenvalue weighted by Gasteiger charge is 2.51. The lowest BCUT2D eigenvalue weighted by molar-refractivity contribution is -0.142. The number of hydrogen-bond acceptors (Lipinski definition) is 4. The van der Waals surface area contributed by atoms with Gasteiger partial charge in [0.1, 0.15) is 5.82 Å². The molecular weight excluding hydrogens is 500 g/mol. The number of nitrogens with zero attached hydrogens (tertiary/aromatic N) is 2. The number of rotatable bonds is 7. The fourth-order valence-corrected chi connectivity index (χ4v) is 5.61. The van der Waals surface area contributed by atoms with E-state index in [1.165, 1.54) is 42.5 Å². The average Bonchev–Trinajstić information content (AvgIpc) is 2.78. The normalized spacial score (nSPS) is 20.7. The van der Waals surface area contributed by atoms with Gasteiger partial charge >= 0.3 is 11.5 Å². The zero-order chi connectivity index (χ0) is 26.2. The van der Waals surface area contributed by atoms with Crippen molar-refractivity contribution in [3.05, 3.63) is 59.4 Å². The van der Waals surface area contributed by atoms with Crippen molar-refractivity contribution in [2.75, 3.05) is 11.4 Å². The number of amides is 2. The van der Waals surface area contributed by atoms with Gasteiger partial charge in [-0.1, -0.05) is 0 Å². The number of halogens is 4. The number of carboxylic acid groups (broad SMARTS) is 1. The minimum Gasteiger partial charge on any atom is -0.481 e. The molecule has 6 nitrogen and oxygen atoms in total. The van der Waals surface area contributed by atoms with E-state index in [9.17, 15) is 31.9 Å². The van der Waals surface area contributed by atoms with Crippen molar-refractivity contribution in [1.29, 1.82) is 0 Å². The van der Waals surface area contributed by atoms with Crippen LogP contribution in [0.3, 0.4) is 0 Å². The van der Waals surface area contributed by atoms with E-state index >= 15 is 0 Å². The highest BCUT2D eigenvalue weighted by Crippen LogP contribution is 2.52. The Bertz CT molecular complexity index is 1170. The van der Waals surface area contributed by atoms with Crippen molar-refractivity contribution in [1.82, 2.24) is 4.90 Å². The van der Waals surface area contributed by atoms with Crippen LogP contribution < -0.4 is 4.90 Å². The van der Waals surface area contributed by atoms with Gasteiger partial charge in [0.05, 0.1) is 12.5 Å². The van der Waals surface area contributed by atoms with Crippen LogP contribution in [0, 0.1) is 11.7 Å². The van der Waals surface area contributed by atoms with Gasteiger partial charge in [0, 0.05) is 46.6 Å². The minimum atomic E-state index is -4.44. The number of alkyl halides is 3. The maximum absolute atomic E-state index is 14.4. The Hall–Kier alpha value is -3.08. The molecule has 2 aromatic carbocycles. The Balaban J connectivity index is 1.68. The van der Waals surface area contributed by atoms with Crippen LogP contribution in [0.2, 0.25) is 0 Å². The van der Waals surface area contributed by atoms with Gasteiger partial charge in [-0.05, 0) is 74.0 Å². The lowest BCUT2D eigenvalue weighted by Gasteiger charge is -2.55. The van der Waals surface area contributed by atoms with Crippen molar-refractivity contribution in [3.8, 4) is 0 Å². The standard InChI is InChI=1S/C25H24F4N2O4S/c1-2-30(21(32)11-12-22(33)34)23-17-8-10-19(17)31(20-9-5-15(26)13-18(20)23)24(35)14-3-6-16(7-4-14)36-25(27,28)29/h3-7,9,13,17,19,23H,2,8,10-12H2,1H3,(H,33,34)/t17-,19+,23-/m1/s1. The van der Waals surface area contributed by atoms with E-state index < -0.39 is 29.2 Å². The van der Waals surface area contributed by atoms with Crippen LogP contribution in [-0.4, -0.2) is 45.9 Å². The van der Waals surface area contributed by atoms with E-state index in [4.69, 9.17) is 5.11 Å². The Morgan fingerprint density at radius 2 is 1.78 bits per heavy atom. The highest BCUT2D eigenvalue weighted by molar-refractivity contribution is 8.00. The predicted octanol–water partition coefficient (Wildman–Crippen LogP) is 5.63. The predicted molar refractivity (Wildman–Crippen MR) is 125 cm³/mol. The summed E-state index contributed by atoms with van der Waals surface area (Å²) < 4.78 is 52.4. The Morgan fingerprint density at radius 1 is 1.08 bits per heavy atom. The monoisotopic (exact) mass is 524 g/mol. The lowest BCUT2D eigenvalue weighted by Crippen LogP contribution is -2.58. The Labute approximate surface area is 209 Å². The molecule has 1 heterocycles. The van der Waals surface area contributed by atoms with Gasteiger partial charge in [0.15, 0.2) is 0 Å². The van der Waals surface area contributed by atoms with Gasteiger partial charge in [0.25, 0.3) is 5.91 Å². The van der Waals surface area contributed by atoms with Crippen LogP contribution in [0.25, 0.3) is 0 Å². The summed E-state index contributed by atoms with van der Waals surface area (Å²) in [5.41, 5.74) is -3.35. The SMILES string of the molecule is CCN(C(=O)CCC(=O)O)[C@H]1c2cc(F)ccc2N(C(=O)c2ccc(SC(F)(F)F)cc2)[C@H]2CC[C@@H]12. The summed E-state index contributed by atoms with van der Waals surface area (Å²) in [5, 5.41) is 8.98. The van der Waals surface area contributed by atoms with Crippen molar-refractivity contribution in [2.45, 2.75) is 55.1 Å². The van der Waals surface area contributed by atoms with Crippen LogP contribution >= 0.6 is 11.8 Å². The summed E-state index contributed by atoms with van der Waals surface area (Å²) >= 11 is -0.267. The van der Waals surface area contributed by atoms with Gasteiger partial charge in [-0.25, -0.2) is 4.39 Å². The summed E-state index contributed by atoms with van der Waals surface area (Å²) in [5.74, 6) is -2.58. The quantitative estimate of drug-likeness (QED) is 0.375. The number of fused-ring (bicyclic) bond motifs is 2. The van der Waals surface area contributed by atoms with E-state index in [1.54, 1.807) is 16.7 Å². The van der Waals surface area contributed by atoms with E-state index in [0.29, 0.717) is 24.1 Å². The maximum atomic E-state index is 14.4.